The molecule has 0 heterocycles. The van der Waals surface area contributed by atoms with Crippen molar-refractivity contribution in [1.29, 1.82) is 5.26 Å². The molecule has 0 aromatic carbocycles. The van der Waals surface area contributed by atoms with Gasteiger partial charge in [-0.05, 0) is 0 Å². The third-order valence-corrected chi connectivity index (χ3v) is 2.29. The monoisotopic (exact) mass is 160 g/mol. The highest BCUT2D eigenvalue weighted by Crippen LogP contribution is 2.07. The first-order valence-electron chi connectivity index (χ1n) is 2.66. The summed E-state index contributed by atoms with van der Waals surface area (Å²) < 4.78 is 0. The van der Waals surface area contributed by atoms with E-state index in [9.17, 15) is 4.89 Å². The highest BCUT2D eigenvalue weighted by atomic mass is 31.1. The molecule has 0 saturated carbocycles. The van der Waals surface area contributed by atoms with Gasteiger partial charge in [-0.25, -0.2) is 0 Å². The predicted octanol–water partition coefficient (Wildman–Crippen LogP) is -1.61. The van der Waals surface area contributed by atoms with Crippen LogP contribution in [0.25, 0.3) is 0 Å². The molecule has 5 heteroatoms. The van der Waals surface area contributed by atoms with E-state index in [4.69, 9.17) is 16.1 Å². The van der Waals surface area contributed by atoms with Gasteiger partial charge in [0, 0.05) is 0 Å². The van der Waals surface area contributed by atoms with Gasteiger partial charge in [-0.15, -0.1) is 0 Å². The normalized spacial score (nSPS) is 15.5. The molecule has 0 bridgehead atoms. The summed E-state index contributed by atoms with van der Waals surface area (Å²) >= 11 is 0. The summed E-state index contributed by atoms with van der Waals surface area (Å²) in [7, 11) is -1.64. The zero-order valence-electron chi connectivity index (χ0n) is 5.61. The molecule has 0 fully saturated rings. The van der Waals surface area contributed by atoms with Crippen LogP contribution in [0.1, 0.15) is 0 Å². The van der Waals surface area contributed by atoms with E-state index in [1.807, 2.05) is 0 Å². The smallest absolute Gasteiger partial charge is 0.156 e. The van der Waals surface area contributed by atoms with Crippen LogP contribution in [0.4, 0.5) is 0 Å². The summed E-state index contributed by atoms with van der Waals surface area (Å²) in [4.78, 5) is 10.7. The molecule has 4 nitrogen and oxygen atoms in total. The Labute approximate surface area is 60.4 Å². The number of nitrogens with two attached hydrogens (primary N) is 1. The molecule has 2 unspecified atom stereocenters. The van der Waals surface area contributed by atoms with Crippen LogP contribution in [-0.2, 0) is 0 Å². The molecule has 2 atom stereocenters. The number of nitrogens with zero attached hydrogens (tertiary/aromatic N) is 1. The minimum atomic E-state index is -1.64. The van der Waals surface area contributed by atoms with Gasteiger partial charge in [0.2, 0.25) is 0 Å². The average Bonchev–Trinajstić information content (AvgIpc) is 1.88. The molecule has 0 saturated heterocycles. The van der Waals surface area contributed by atoms with E-state index in [2.05, 4.69) is 0 Å². The highest BCUT2D eigenvalue weighted by Gasteiger charge is 2.14. The van der Waals surface area contributed by atoms with Crippen LogP contribution in [0, 0.1) is 11.3 Å². The fourth-order valence-electron chi connectivity index (χ4n) is 0.468. The Morgan fingerprint density at radius 2 is 2.50 bits per heavy atom. The van der Waals surface area contributed by atoms with Crippen molar-refractivity contribution in [1.82, 2.24) is 0 Å². The Morgan fingerprint density at radius 3 is 2.60 bits per heavy atom. The second-order valence-corrected chi connectivity index (χ2v) is 3.32. The highest BCUT2D eigenvalue weighted by molar-refractivity contribution is 7.51. The van der Waals surface area contributed by atoms with E-state index in [1.54, 1.807) is 6.07 Å². The maximum Gasteiger partial charge on any atom is 0.156 e. The second-order valence-electron chi connectivity index (χ2n) is 1.75. The molecule has 3 N–H and O–H groups in total. The summed E-state index contributed by atoms with van der Waals surface area (Å²) in [6.45, 7) is 1.04. The lowest BCUT2D eigenvalue weighted by molar-refractivity contribution is -0.151. The molecule has 0 radical (unpaired) electrons. The van der Waals surface area contributed by atoms with Crippen molar-refractivity contribution >= 4 is 13.1 Å². The van der Waals surface area contributed by atoms with E-state index in [1.165, 1.54) is 6.66 Å². The first-order chi connectivity index (χ1) is 4.63. The van der Waals surface area contributed by atoms with Crippen LogP contribution in [0.2, 0.25) is 0 Å². The number of nitriles is 1. The predicted molar refractivity (Wildman–Crippen MR) is 38.5 cm³/mol. The zero-order valence-corrected chi connectivity index (χ0v) is 6.51. The molecule has 0 aromatic rings. The Bertz CT molecular complexity index is 181. The SMILES string of the molecule is C/[P+]([O-])=C(\CO)C(N)C#N. The van der Waals surface area contributed by atoms with Crippen LogP contribution in [0.5, 0.6) is 0 Å². The van der Waals surface area contributed by atoms with Crippen molar-refractivity contribution in [3.8, 4) is 6.07 Å². The minimum Gasteiger partial charge on any atom is -0.631 e. The van der Waals surface area contributed by atoms with Gasteiger partial charge < -0.3 is 15.7 Å². The van der Waals surface area contributed by atoms with Gasteiger partial charge in [0.25, 0.3) is 0 Å². The summed E-state index contributed by atoms with van der Waals surface area (Å²) in [5.41, 5.74) is 5.19. The maximum absolute atomic E-state index is 10.7. The fraction of sp³-hybridized carbons (Fsp3) is 0.600. The van der Waals surface area contributed by atoms with Crippen LogP contribution in [0.15, 0.2) is 0 Å². The Morgan fingerprint density at radius 1 is 2.00 bits per heavy atom. The van der Waals surface area contributed by atoms with Gasteiger partial charge in [0.15, 0.2) is 11.3 Å². The Kier molecular flexibility index (Phi) is 4.17. The maximum atomic E-state index is 10.7. The summed E-state index contributed by atoms with van der Waals surface area (Å²) in [5.74, 6) is 0. The van der Waals surface area contributed by atoms with Crippen molar-refractivity contribution in [2.45, 2.75) is 6.04 Å². The van der Waals surface area contributed by atoms with Crippen molar-refractivity contribution in [2.24, 2.45) is 5.73 Å². The van der Waals surface area contributed by atoms with Crippen LogP contribution in [0.3, 0.4) is 0 Å². The first kappa shape index (κ1) is 9.54. The quantitative estimate of drug-likeness (QED) is 0.475. The standard InChI is InChI=1S/C5H9N2O2P/c1-10(9)5(3-8)4(7)2-6/h4,8H,3,7H2,1H3. The fourth-order valence-corrected chi connectivity index (χ4v) is 1.12. The molecule has 56 valence electrons. The molecule has 0 amide bonds. The molecule has 0 rings (SSSR count). The zero-order chi connectivity index (χ0) is 8.15. The largest absolute Gasteiger partial charge is 0.631 e. The summed E-state index contributed by atoms with van der Waals surface area (Å²) in [6, 6.07) is 0.790. The van der Waals surface area contributed by atoms with E-state index in [0.717, 1.165) is 0 Å². The number of aliphatic hydroxyl groups is 1. The van der Waals surface area contributed by atoms with E-state index < -0.39 is 13.8 Å². The average molecular weight is 160 g/mol. The molecule has 0 aliphatic heterocycles. The molecular weight excluding hydrogens is 151 g/mol. The first-order valence-corrected chi connectivity index (χ1v) is 4.36. The van der Waals surface area contributed by atoms with Crippen molar-refractivity contribution in [3.63, 3.8) is 0 Å². The molecule has 0 aliphatic carbocycles. The van der Waals surface area contributed by atoms with Gasteiger partial charge in [-0.1, -0.05) is 0 Å². The lowest BCUT2D eigenvalue weighted by Crippen LogP contribution is -2.31. The van der Waals surface area contributed by atoms with Crippen LogP contribution >= 0.6 is 7.77 Å². The van der Waals surface area contributed by atoms with E-state index in [0.29, 0.717) is 0 Å². The molecule has 0 aliphatic rings. The number of hydrogen-bond donors (Lipinski definition) is 2. The summed E-state index contributed by atoms with van der Waals surface area (Å²) in [6.07, 6.45) is 0. The van der Waals surface area contributed by atoms with Crippen molar-refractivity contribution in [2.75, 3.05) is 13.3 Å². The minimum absolute atomic E-state index is 0.206. The van der Waals surface area contributed by atoms with Gasteiger partial charge >= 0.3 is 0 Å². The lowest BCUT2D eigenvalue weighted by atomic mass is 10.2. The molecule has 0 aromatic heterocycles. The van der Waals surface area contributed by atoms with Crippen molar-refractivity contribution in [3.05, 3.63) is 0 Å². The lowest BCUT2D eigenvalue weighted by Gasteiger charge is -2.02. The summed E-state index contributed by atoms with van der Waals surface area (Å²) in [5, 5.41) is 17.0. The molecular formula is C5H9N2O2P. The van der Waals surface area contributed by atoms with Gasteiger partial charge in [0.05, 0.1) is 20.5 Å². The van der Waals surface area contributed by atoms with Crippen LogP contribution < -0.4 is 10.6 Å². The second kappa shape index (κ2) is 4.37. The Balaban J connectivity index is 4.41. The van der Waals surface area contributed by atoms with E-state index >= 15 is 0 Å². The van der Waals surface area contributed by atoms with Gasteiger partial charge in [-0.2, -0.15) is 5.26 Å². The third-order valence-electron chi connectivity index (χ3n) is 1.06. The van der Waals surface area contributed by atoms with E-state index in [-0.39, 0.29) is 11.9 Å². The number of rotatable bonds is 2. The third kappa shape index (κ3) is 2.42. The molecule has 0 spiro atoms. The number of hydrogen-bond acceptors (Lipinski definition) is 4. The van der Waals surface area contributed by atoms with Gasteiger partial charge in [0.1, 0.15) is 6.61 Å². The van der Waals surface area contributed by atoms with Crippen LogP contribution in [-0.4, -0.2) is 29.7 Å². The number of aliphatic hydroxyl groups excluding tert-OH is 1. The topological polar surface area (TPSA) is 93.1 Å². The Hall–Kier alpha value is -0.460. The molecule has 10 heavy (non-hydrogen) atoms. The van der Waals surface area contributed by atoms with Crippen molar-refractivity contribution < 1.29 is 10.00 Å². The van der Waals surface area contributed by atoms with Gasteiger partial charge in [-0.3, -0.25) is 0 Å².